The third-order valence-corrected chi connectivity index (χ3v) is 2.35. The monoisotopic (exact) mass is 142 g/mol. The summed E-state index contributed by atoms with van der Waals surface area (Å²) >= 11 is 0. The lowest BCUT2D eigenvalue weighted by Crippen LogP contribution is -2.53. The Kier molecular flexibility index (Phi) is 1.68. The van der Waals surface area contributed by atoms with E-state index in [4.69, 9.17) is 11.5 Å². The maximum atomic E-state index is 10.8. The Morgan fingerprint density at radius 1 is 1.70 bits per heavy atom. The SMILES string of the molecule is CC[C@@](N)(C(N)=O)C1CC1. The van der Waals surface area contributed by atoms with E-state index in [1.165, 1.54) is 0 Å². The quantitative estimate of drug-likeness (QED) is 0.582. The minimum Gasteiger partial charge on any atom is -0.368 e. The lowest BCUT2D eigenvalue weighted by molar-refractivity contribution is -0.124. The molecule has 58 valence electrons. The van der Waals surface area contributed by atoms with Crippen LogP contribution in [0.4, 0.5) is 0 Å². The molecule has 0 aromatic carbocycles. The maximum Gasteiger partial charge on any atom is 0.237 e. The van der Waals surface area contributed by atoms with Crippen molar-refractivity contribution in [1.82, 2.24) is 0 Å². The van der Waals surface area contributed by atoms with E-state index in [2.05, 4.69) is 0 Å². The van der Waals surface area contributed by atoms with E-state index in [9.17, 15) is 4.79 Å². The van der Waals surface area contributed by atoms with Crippen LogP contribution in [-0.2, 0) is 4.79 Å². The Hall–Kier alpha value is -0.570. The van der Waals surface area contributed by atoms with Gasteiger partial charge >= 0.3 is 0 Å². The molecule has 0 unspecified atom stereocenters. The summed E-state index contributed by atoms with van der Waals surface area (Å²) in [5.74, 6) is 0.00694. The second-order valence-corrected chi connectivity index (χ2v) is 3.03. The molecule has 1 aliphatic carbocycles. The molecule has 1 saturated carbocycles. The molecule has 0 heterocycles. The van der Waals surface area contributed by atoms with Crippen molar-refractivity contribution in [1.29, 1.82) is 0 Å². The van der Waals surface area contributed by atoms with Crippen LogP contribution in [0.5, 0.6) is 0 Å². The summed E-state index contributed by atoms with van der Waals surface area (Å²) in [7, 11) is 0. The summed E-state index contributed by atoms with van der Waals surface area (Å²) in [6.45, 7) is 1.91. The second kappa shape index (κ2) is 2.23. The predicted molar refractivity (Wildman–Crippen MR) is 39.1 cm³/mol. The highest BCUT2D eigenvalue weighted by Crippen LogP contribution is 2.39. The molecule has 3 heteroatoms. The second-order valence-electron chi connectivity index (χ2n) is 3.03. The highest BCUT2D eigenvalue weighted by atomic mass is 16.1. The molecule has 4 N–H and O–H groups in total. The molecule has 0 spiro atoms. The zero-order valence-corrected chi connectivity index (χ0v) is 6.26. The minimum atomic E-state index is -0.708. The van der Waals surface area contributed by atoms with E-state index in [1.54, 1.807) is 0 Å². The van der Waals surface area contributed by atoms with E-state index in [0.29, 0.717) is 12.3 Å². The molecule has 3 nitrogen and oxygen atoms in total. The minimum absolute atomic E-state index is 0.350. The van der Waals surface area contributed by atoms with E-state index in [0.717, 1.165) is 12.8 Å². The van der Waals surface area contributed by atoms with E-state index >= 15 is 0 Å². The van der Waals surface area contributed by atoms with Gasteiger partial charge in [-0.05, 0) is 25.2 Å². The number of nitrogens with two attached hydrogens (primary N) is 2. The number of amides is 1. The standard InChI is InChI=1S/C7H14N2O/c1-2-7(9,6(8)10)5-3-4-5/h5H,2-4,9H2,1H3,(H2,8,10)/t7-/m0/s1. The zero-order valence-electron chi connectivity index (χ0n) is 6.26. The fraction of sp³-hybridized carbons (Fsp3) is 0.857. The molecule has 0 aliphatic heterocycles. The Morgan fingerprint density at radius 3 is 2.30 bits per heavy atom. The van der Waals surface area contributed by atoms with Crippen LogP contribution in [0.2, 0.25) is 0 Å². The first kappa shape index (κ1) is 7.54. The van der Waals surface area contributed by atoms with Gasteiger partial charge in [-0.2, -0.15) is 0 Å². The van der Waals surface area contributed by atoms with Crippen molar-refractivity contribution in [3.63, 3.8) is 0 Å². The third-order valence-electron chi connectivity index (χ3n) is 2.35. The number of rotatable bonds is 3. The normalized spacial score (nSPS) is 23.8. The first-order chi connectivity index (χ1) is 4.61. The van der Waals surface area contributed by atoms with Gasteiger partial charge < -0.3 is 11.5 Å². The van der Waals surface area contributed by atoms with E-state index in [-0.39, 0.29) is 5.91 Å². The summed E-state index contributed by atoms with van der Waals surface area (Å²) < 4.78 is 0. The molecule has 0 aromatic heterocycles. The van der Waals surface area contributed by atoms with Crippen molar-refractivity contribution in [2.75, 3.05) is 0 Å². The largest absolute Gasteiger partial charge is 0.368 e. The zero-order chi connectivity index (χ0) is 7.78. The first-order valence-corrected chi connectivity index (χ1v) is 3.70. The summed E-state index contributed by atoms with van der Waals surface area (Å²) in [5.41, 5.74) is 10.2. The number of carbonyl (C=O) groups excluding carboxylic acids is 1. The van der Waals surface area contributed by atoms with Gasteiger partial charge in [0.05, 0.1) is 5.54 Å². The summed E-state index contributed by atoms with van der Waals surface area (Å²) in [4.78, 5) is 10.8. The Labute approximate surface area is 60.8 Å². The van der Waals surface area contributed by atoms with E-state index < -0.39 is 5.54 Å². The van der Waals surface area contributed by atoms with Crippen LogP contribution >= 0.6 is 0 Å². The predicted octanol–water partition coefficient (Wildman–Crippen LogP) is -0.0108. The molecule has 0 radical (unpaired) electrons. The lowest BCUT2D eigenvalue weighted by Gasteiger charge is -2.23. The van der Waals surface area contributed by atoms with Crippen LogP contribution in [0.15, 0.2) is 0 Å². The Bertz CT molecular complexity index is 154. The van der Waals surface area contributed by atoms with Gasteiger partial charge in [-0.1, -0.05) is 6.92 Å². The topological polar surface area (TPSA) is 69.1 Å². The van der Waals surface area contributed by atoms with Gasteiger partial charge in [0, 0.05) is 0 Å². The fourth-order valence-corrected chi connectivity index (χ4v) is 1.26. The average Bonchev–Trinajstić information content (AvgIpc) is 2.67. The van der Waals surface area contributed by atoms with Gasteiger partial charge in [0.15, 0.2) is 0 Å². The van der Waals surface area contributed by atoms with Crippen LogP contribution in [0, 0.1) is 5.92 Å². The number of hydrogen-bond acceptors (Lipinski definition) is 2. The van der Waals surface area contributed by atoms with Gasteiger partial charge in [0.25, 0.3) is 0 Å². The van der Waals surface area contributed by atoms with Crippen LogP contribution < -0.4 is 11.5 Å². The van der Waals surface area contributed by atoms with Crippen LogP contribution in [0.3, 0.4) is 0 Å². The van der Waals surface area contributed by atoms with E-state index in [1.807, 2.05) is 6.92 Å². The van der Waals surface area contributed by atoms with Gasteiger partial charge in [-0.15, -0.1) is 0 Å². The Morgan fingerprint density at radius 2 is 2.20 bits per heavy atom. The van der Waals surface area contributed by atoms with Crippen LogP contribution in [0.1, 0.15) is 26.2 Å². The highest BCUT2D eigenvalue weighted by molar-refractivity contribution is 5.85. The molecule has 0 aromatic rings. The van der Waals surface area contributed by atoms with Crippen molar-refractivity contribution >= 4 is 5.91 Å². The molecule has 0 bridgehead atoms. The van der Waals surface area contributed by atoms with Crippen molar-refractivity contribution in [3.05, 3.63) is 0 Å². The molecule has 10 heavy (non-hydrogen) atoms. The van der Waals surface area contributed by atoms with Crippen molar-refractivity contribution < 1.29 is 4.79 Å². The van der Waals surface area contributed by atoms with Crippen molar-refractivity contribution in [2.45, 2.75) is 31.7 Å². The highest BCUT2D eigenvalue weighted by Gasteiger charge is 2.45. The molecular formula is C7H14N2O. The number of primary amides is 1. The van der Waals surface area contributed by atoms with Crippen molar-refractivity contribution in [3.8, 4) is 0 Å². The molecule has 1 fully saturated rings. The van der Waals surface area contributed by atoms with Gasteiger partial charge in [0.1, 0.15) is 0 Å². The molecule has 1 aliphatic rings. The Balaban J connectivity index is 2.65. The number of hydrogen-bond donors (Lipinski definition) is 2. The molecule has 0 saturated heterocycles. The average molecular weight is 142 g/mol. The lowest BCUT2D eigenvalue weighted by atomic mass is 9.91. The van der Waals surface area contributed by atoms with Crippen LogP contribution in [-0.4, -0.2) is 11.4 Å². The number of carbonyl (C=O) groups is 1. The first-order valence-electron chi connectivity index (χ1n) is 3.70. The third kappa shape index (κ3) is 1.01. The molecular weight excluding hydrogens is 128 g/mol. The van der Waals surface area contributed by atoms with Crippen LogP contribution in [0.25, 0.3) is 0 Å². The summed E-state index contributed by atoms with van der Waals surface area (Å²) in [5, 5.41) is 0. The molecule has 1 rings (SSSR count). The van der Waals surface area contributed by atoms with Crippen molar-refractivity contribution in [2.24, 2.45) is 17.4 Å². The summed E-state index contributed by atoms with van der Waals surface area (Å²) in [6, 6.07) is 0. The fourth-order valence-electron chi connectivity index (χ4n) is 1.26. The summed E-state index contributed by atoms with van der Waals surface area (Å²) in [6.07, 6.45) is 2.79. The maximum absolute atomic E-state index is 10.8. The molecule has 1 amide bonds. The van der Waals surface area contributed by atoms with Gasteiger partial charge in [-0.25, -0.2) is 0 Å². The smallest absolute Gasteiger partial charge is 0.237 e. The van der Waals surface area contributed by atoms with Gasteiger partial charge in [-0.3, -0.25) is 4.79 Å². The molecule has 1 atom stereocenters. The van der Waals surface area contributed by atoms with Gasteiger partial charge in [0.2, 0.25) is 5.91 Å².